The number of benzene rings is 2. The fourth-order valence-corrected chi connectivity index (χ4v) is 2.47. The molecule has 0 amide bonds. The van der Waals surface area contributed by atoms with E-state index >= 15 is 0 Å². The number of hydrogen-bond donors (Lipinski definition) is 0. The standard InChI is InChI=1S/C18H17NO/c1-13(14-5-3-7-17(12-14)20-2)15-8-9-18-16(11-15)6-4-10-19-18/h3-13H,1-2H3. The smallest absolute Gasteiger partial charge is 0.119 e. The number of fused-ring (bicyclic) bond motifs is 1. The Morgan fingerprint density at radius 1 is 0.950 bits per heavy atom. The van der Waals surface area contributed by atoms with Crippen LogP contribution in [0.15, 0.2) is 60.8 Å². The van der Waals surface area contributed by atoms with Gasteiger partial charge < -0.3 is 4.74 Å². The monoisotopic (exact) mass is 263 g/mol. The van der Waals surface area contributed by atoms with Crippen molar-refractivity contribution in [2.45, 2.75) is 12.8 Å². The highest BCUT2D eigenvalue weighted by Gasteiger charge is 2.10. The molecule has 0 aliphatic rings. The molecule has 1 atom stereocenters. The van der Waals surface area contributed by atoms with Crippen LogP contribution in [0, 0.1) is 0 Å². The Hall–Kier alpha value is -2.35. The summed E-state index contributed by atoms with van der Waals surface area (Å²) in [6.45, 7) is 2.21. The average Bonchev–Trinajstić information content (AvgIpc) is 2.53. The van der Waals surface area contributed by atoms with Gasteiger partial charge >= 0.3 is 0 Å². The van der Waals surface area contributed by atoms with Crippen molar-refractivity contribution in [1.82, 2.24) is 4.98 Å². The van der Waals surface area contributed by atoms with E-state index in [1.807, 2.05) is 24.4 Å². The van der Waals surface area contributed by atoms with E-state index in [2.05, 4.69) is 48.3 Å². The van der Waals surface area contributed by atoms with E-state index in [1.54, 1.807) is 7.11 Å². The quantitative estimate of drug-likeness (QED) is 0.699. The van der Waals surface area contributed by atoms with Crippen LogP contribution in [-0.2, 0) is 0 Å². The molecule has 1 aromatic heterocycles. The number of hydrogen-bond acceptors (Lipinski definition) is 2. The van der Waals surface area contributed by atoms with Gasteiger partial charge in [0.25, 0.3) is 0 Å². The van der Waals surface area contributed by atoms with Crippen LogP contribution in [0.1, 0.15) is 24.0 Å². The highest BCUT2D eigenvalue weighted by molar-refractivity contribution is 5.79. The first-order chi connectivity index (χ1) is 9.78. The summed E-state index contributed by atoms with van der Waals surface area (Å²) >= 11 is 0. The number of aromatic nitrogens is 1. The summed E-state index contributed by atoms with van der Waals surface area (Å²) in [5, 5.41) is 1.18. The zero-order chi connectivity index (χ0) is 13.9. The lowest BCUT2D eigenvalue weighted by atomic mass is 9.92. The predicted molar refractivity (Wildman–Crippen MR) is 82.3 cm³/mol. The first-order valence-corrected chi connectivity index (χ1v) is 6.76. The Kier molecular flexibility index (Phi) is 3.38. The van der Waals surface area contributed by atoms with Gasteiger partial charge in [0.2, 0.25) is 0 Å². The van der Waals surface area contributed by atoms with Gasteiger partial charge in [0, 0.05) is 17.5 Å². The van der Waals surface area contributed by atoms with Crippen molar-refractivity contribution in [2.24, 2.45) is 0 Å². The van der Waals surface area contributed by atoms with Crippen molar-refractivity contribution in [3.8, 4) is 5.75 Å². The molecule has 3 rings (SSSR count). The van der Waals surface area contributed by atoms with Crippen LogP contribution in [0.25, 0.3) is 10.9 Å². The predicted octanol–water partition coefficient (Wildman–Crippen LogP) is 4.40. The molecule has 1 unspecified atom stereocenters. The van der Waals surface area contributed by atoms with Gasteiger partial charge in [0.15, 0.2) is 0 Å². The Bertz CT molecular complexity index is 736. The van der Waals surface area contributed by atoms with Gasteiger partial charge in [0.05, 0.1) is 12.6 Å². The lowest BCUT2D eigenvalue weighted by Crippen LogP contribution is -1.97. The normalized spacial score (nSPS) is 12.3. The third-order valence-corrected chi connectivity index (χ3v) is 3.72. The molecule has 0 aliphatic carbocycles. The van der Waals surface area contributed by atoms with Crippen LogP contribution in [0.4, 0.5) is 0 Å². The molecule has 0 fully saturated rings. The van der Waals surface area contributed by atoms with Gasteiger partial charge in [-0.05, 0) is 41.5 Å². The van der Waals surface area contributed by atoms with Crippen molar-refractivity contribution in [3.63, 3.8) is 0 Å². The van der Waals surface area contributed by atoms with E-state index in [1.165, 1.54) is 16.5 Å². The highest BCUT2D eigenvalue weighted by atomic mass is 16.5. The van der Waals surface area contributed by atoms with E-state index in [0.717, 1.165) is 11.3 Å². The fourth-order valence-electron chi connectivity index (χ4n) is 2.47. The topological polar surface area (TPSA) is 22.1 Å². The minimum atomic E-state index is 0.328. The first kappa shape index (κ1) is 12.7. The van der Waals surface area contributed by atoms with Gasteiger partial charge in [-0.15, -0.1) is 0 Å². The van der Waals surface area contributed by atoms with Crippen molar-refractivity contribution in [3.05, 3.63) is 71.9 Å². The maximum absolute atomic E-state index is 5.30. The Morgan fingerprint density at radius 3 is 2.65 bits per heavy atom. The van der Waals surface area contributed by atoms with Crippen molar-refractivity contribution in [2.75, 3.05) is 7.11 Å². The third kappa shape index (κ3) is 2.37. The van der Waals surface area contributed by atoms with E-state index in [-0.39, 0.29) is 0 Å². The molecule has 0 radical (unpaired) electrons. The molecule has 0 saturated heterocycles. The summed E-state index contributed by atoms with van der Waals surface area (Å²) in [6.07, 6.45) is 1.83. The summed E-state index contributed by atoms with van der Waals surface area (Å²) in [5.41, 5.74) is 3.58. The largest absolute Gasteiger partial charge is 0.497 e. The van der Waals surface area contributed by atoms with Gasteiger partial charge in [-0.25, -0.2) is 0 Å². The van der Waals surface area contributed by atoms with Gasteiger partial charge in [-0.1, -0.05) is 31.2 Å². The number of ether oxygens (including phenoxy) is 1. The van der Waals surface area contributed by atoms with Gasteiger partial charge in [-0.3, -0.25) is 4.98 Å². The van der Waals surface area contributed by atoms with Crippen LogP contribution in [-0.4, -0.2) is 12.1 Å². The van der Waals surface area contributed by atoms with Gasteiger partial charge in [0.1, 0.15) is 5.75 Å². The fraction of sp³-hybridized carbons (Fsp3) is 0.167. The summed E-state index contributed by atoms with van der Waals surface area (Å²) in [5.74, 6) is 1.23. The third-order valence-electron chi connectivity index (χ3n) is 3.72. The van der Waals surface area contributed by atoms with Gasteiger partial charge in [-0.2, -0.15) is 0 Å². The van der Waals surface area contributed by atoms with Crippen molar-refractivity contribution in [1.29, 1.82) is 0 Å². The summed E-state index contributed by atoms with van der Waals surface area (Å²) < 4.78 is 5.30. The molecule has 0 saturated carbocycles. The molecule has 0 spiro atoms. The maximum Gasteiger partial charge on any atom is 0.119 e. The molecule has 0 N–H and O–H groups in total. The van der Waals surface area contributed by atoms with Crippen LogP contribution in [0.2, 0.25) is 0 Å². The number of rotatable bonds is 3. The molecule has 100 valence electrons. The van der Waals surface area contributed by atoms with Crippen LogP contribution in [0.3, 0.4) is 0 Å². The minimum absolute atomic E-state index is 0.328. The molecule has 0 aliphatic heterocycles. The summed E-state index contributed by atoms with van der Waals surface area (Å²) in [6, 6.07) is 18.8. The van der Waals surface area contributed by atoms with E-state index in [4.69, 9.17) is 4.74 Å². The lowest BCUT2D eigenvalue weighted by molar-refractivity contribution is 0.414. The number of nitrogens with zero attached hydrogens (tertiary/aromatic N) is 1. The van der Waals surface area contributed by atoms with Crippen LogP contribution < -0.4 is 4.74 Å². The van der Waals surface area contributed by atoms with Crippen LogP contribution in [0.5, 0.6) is 5.75 Å². The molecule has 2 heteroatoms. The molecule has 2 aromatic carbocycles. The summed E-state index contributed by atoms with van der Waals surface area (Å²) in [4.78, 5) is 4.36. The summed E-state index contributed by atoms with van der Waals surface area (Å²) in [7, 11) is 1.70. The minimum Gasteiger partial charge on any atom is -0.497 e. The maximum atomic E-state index is 5.30. The molecule has 2 nitrogen and oxygen atoms in total. The molecule has 1 heterocycles. The zero-order valence-electron chi connectivity index (χ0n) is 11.7. The highest BCUT2D eigenvalue weighted by Crippen LogP contribution is 2.28. The second-order valence-corrected chi connectivity index (χ2v) is 4.95. The van der Waals surface area contributed by atoms with Crippen molar-refractivity contribution < 1.29 is 4.74 Å². The Morgan fingerprint density at radius 2 is 1.80 bits per heavy atom. The first-order valence-electron chi connectivity index (χ1n) is 6.76. The van der Waals surface area contributed by atoms with E-state index in [9.17, 15) is 0 Å². The SMILES string of the molecule is COc1cccc(C(C)c2ccc3ncccc3c2)c1. The molecule has 3 aromatic rings. The second-order valence-electron chi connectivity index (χ2n) is 4.95. The second kappa shape index (κ2) is 5.33. The number of methoxy groups -OCH3 is 1. The van der Waals surface area contributed by atoms with E-state index < -0.39 is 0 Å². The molecular formula is C18H17NO. The Balaban J connectivity index is 2.00. The van der Waals surface area contributed by atoms with Crippen LogP contribution >= 0.6 is 0 Å². The Labute approximate surface area is 119 Å². The molecule has 20 heavy (non-hydrogen) atoms. The van der Waals surface area contributed by atoms with E-state index in [0.29, 0.717) is 5.92 Å². The van der Waals surface area contributed by atoms with Crippen molar-refractivity contribution >= 4 is 10.9 Å². The molecule has 0 bridgehead atoms. The zero-order valence-corrected chi connectivity index (χ0v) is 11.7. The average molecular weight is 263 g/mol. The molecular weight excluding hydrogens is 246 g/mol. The number of pyridine rings is 1. The lowest BCUT2D eigenvalue weighted by Gasteiger charge is -2.14.